The first kappa shape index (κ1) is 18.7. The third-order valence-electron chi connectivity index (χ3n) is 3.67. The van der Waals surface area contributed by atoms with Crippen molar-refractivity contribution in [2.45, 2.75) is 51.6 Å². The summed E-state index contributed by atoms with van der Waals surface area (Å²) in [5.41, 5.74) is 2.94. The Morgan fingerprint density at radius 3 is 1.64 bits per heavy atom. The molecule has 0 amide bonds. The zero-order valence-corrected chi connectivity index (χ0v) is 14.8. The van der Waals surface area contributed by atoms with Crippen molar-refractivity contribution >= 4 is 0 Å². The topological polar surface area (TPSA) is 12.0 Å². The zero-order valence-electron chi connectivity index (χ0n) is 15.0. The number of benzene rings is 2. The molecular weight excluding hydrogens is 290 g/mol. The van der Waals surface area contributed by atoms with E-state index < -0.39 is 0 Å². The Hall–Kier alpha value is -1.31. The molecule has 0 saturated heterocycles. The predicted octanol–water partition coefficient (Wildman–Crippen LogP) is 2.10. The van der Waals surface area contributed by atoms with Crippen LogP contribution >= 0.6 is 0 Å². The highest BCUT2D eigenvalue weighted by atomic mass is 35.5. The summed E-state index contributed by atoms with van der Waals surface area (Å²) in [6.45, 7) is 8.96. The van der Waals surface area contributed by atoms with Crippen molar-refractivity contribution in [3.8, 4) is 0 Å². The van der Waals surface area contributed by atoms with E-state index in [1.54, 1.807) is 0 Å². The van der Waals surface area contributed by atoms with Crippen LogP contribution in [0.3, 0.4) is 0 Å². The van der Waals surface area contributed by atoms with Gasteiger partial charge >= 0.3 is 1.43 Å². The van der Waals surface area contributed by atoms with E-state index in [9.17, 15) is 0 Å². The van der Waals surface area contributed by atoms with Crippen LogP contribution in [0, 0.1) is 0 Å². The Kier molecular flexibility index (Phi) is 7.12. The minimum absolute atomic E-state index is 0. The summed E-state index contributed by atoms with van der Waals surface area (Å²) in [6.07, 6.45) is 1.10. The Balaban J connectivity index is 0.00000242. The fourth-order valence-electron chi connectivity index (χ4n) is 2.99. The van der Waals surface area contributed by atoms with Gasteiger partial charge in [-0.1, -0.05) is 60.7 Å². The van der Waals surface area contributed by atoms with Gasteiger partial charge in [-0.2, -0.15) is 0 Å². The van der Waals surface area contributed by atoms with E-state index in [4.69, 9.17) is 0 Å². The maximum Gasteiger partial charge on any atom is 1.00 e. The summed E-state index contributed by atoms with van der Waals surface area (Å²) >= 11 is 0. The van der Waals surface area contributed by atoms with Crippen molar-refractivity contribution in [2.75, 3.05) is 0 Å². The summed E-state index contributed by atoms with van der Waals surface area (Å²) < 4.78 is 0. The second-order valence-corrected chi connectivity index (χ2v) is 6.91. The van der Waals surface area contributed by atoms with Gasteiger partial charge in [0.25, 0.3) is 0 Å². The van der Waals surface area contributed by atoms with Gasteiger partial charge < -0.3 is 17.7 Å². The first-order valence-corrected chi connectivity index (χ1v) is 7.83. The summed E-state index contributed by atoms with van der Waals surface area (Å²) in [6, 6.07) is 22.1. The van der Waals surface area contributed by atoms with Crippen LogP contribution in [0.25, 0.3) is 0 Å². The SMILES string of the molecule is CC(CC(c1ccccc1)c1ccccc1)NC(C)(C)C.[Cl-].[H+]. The molecule has 0 radical (unpaired) electrons. The third-order valence-corrected chi connectivity index (χ3v) is 3.67. The Morgan fingerprint density at radius 1 is 0.864 bits per heavy atom. The largest absolute Gasteiger partial charge is 1.00 e. The van der Waals surface area contributed by atoms with Gasteiger partial charge in [-0.05, 0) is 45.2 Å². The number of rotatable bonds is 5. The quantitative estimate of drug-likeness (QED) is 0.890. The summed E-state index contributed by atoms with van der Waals surface area (Å²) in [4.78, 5) is 0. The lowest BCUT2D eigenvalue weighted by Gasteiger charge is -2.29. The first-order valence-electron chi connectivity index (χ1n) is 7.83. The molecule has 1 N–H and O–H groups in total. The highest BCUT2D eigenvalue weighted by molar-refractivity contribution is 5.32. The van der Waals surface area contributed by atoms with Gasteiger partial charge in [0.15, 0.2) is 0 Å². The van der Waals surface area contributed by atoms with Gasteiger partial charge in [0.2, 0.25) is 0 Å². The van der Waals surface area contributed by atoms with Gasteiger partial charge in [-0.3, -0.25) is 0 Å². The van der Waals surface area contributed by atoms with Crippen LogP contribution in [0.15, 0.2) is 60.7 Å². The van der Waals surface area contributed by atoms with Crippen molar-refractivity contribution < 1.29 is 13.8 Å². The van der Waals surface area contributed by atoms with E-state index in [0.717, 1.165) is 6.42 Å². The van der Waals surface area contributed by atoms with E-state index in [2.05, 4.69) is 93.7 Å². The number of hydrogen-bond acceptors (Lipinski definition) is 1. The fourth-order valence-corrected chi connectivity index (χ4v) is 2.99. The molecule has 0 spiro atoms. The average Bonchev–Trinajstić information content (AvgIpc) is 2.45. The summed E-state index contributed by atoms with van der Waals surface area (Å²) in [5, 5.41) is 3.69. The van der Waals surface area contributed by atoms with Crippen molar-refractivity contribution in [1.29, 1.82) is 0 Å². The highest BCUT2D eigenvalue weighted by Gasteiger charge is 2.20. The molecule has 0 aliphatic heterocycles. The van der Waals surface area contributed by atoms with Crippen LogP contribution in [0.1, 0.15) is 52.6 Å². The zero-order chi connectivity index (χ0) is 15.3. The fraction of sp³-hybridized carbons (Fsp3) is 0.400. The van der Waals surface area contributed by atoms with Crippen LogP contribution in [-0.4, -0.2) is 11.6 Å². The second-order valence-electron chi connectivity index (χ2n) is 6.91. The maximum atomic E-state index is 3.69. The normalized spacial score (nSPS) is 12.8. The van der Waals surface area contributed by atoms with Gasteiger partial charge in [-0.15, -0.1) is 0 Å². The molecule has 0 bridgehead atoms. The average molecular weight is 318 g/mol. The standard InChI is InChI=1S/C20H27N.ClH/c1-16(21-20(2,3)4)15-19(17-11-7-5-8-12-17)18-13-9-6-10-14-18;/h5-14,16,19,21H,15H2,1-4H3;1H. The van der Waals surface area contributed by atoms with E-state index in [1.807, 2.05) is 0 Å². The van der Waals surface area contributed by atoms with Crippen LogP contribution < -0.4 is 17.7 Å². The molecule has 2 heteroatoms. The molecule has 22 heavy (non-hydrogen) atoms. The molecule has 0 aliphatic carbocycles. The Labute approximate surface area is 143 Å². The van der Waals surface area contributed by atoms with Crippen molar-refractivity contribution in [3.63, 3.8) is 0 Å². The molecule has 120 valence electrons. The Morgan fingerprint density at radius 2 is 1.27 bits per heavy atom. The van der Waals surface area contributed by atoms with Crippen molar-refractivity contribution in [1.82, 2.24) is 5.32 Å². The number of hydrogen-bond donors (Lipinski definition) is 1. The number of halogens is 1. The predicted molar refractivity (Wildman–Crippen MR) is 92.8 cm³/mol. The van der Waals surface area contributed by atoms with Gasteiger partial charge in [0, 0.05) is 17.5 Å². The molecular formula is C20H28ClN. The molecule has 2 aromatic carbocycles. The summed E-state index contributed by atoms with van der Waals surface area (Å²) in [5.74, 6) is 0.442. The molecule has 2 aromatic rings. The van der Waals surface area contributed by atoms with E-state index in [1.165, 1.54) is 11.1 Å². The number of nitrogens with one attached hydrogen (secondary N) is 1. The smallest absolute Gasteiger partial charge is 1.00 e. The second kappa shape index (κ2) is 8.36. The highest BCUT2D eigenvalue weighted by Crippen LogP contribution is 2.29. The monoisotopic (exact) mass is 317 g/mol. The molecule has 1 nitrogen and oxygen atoms in total. The van der Waals surface area contributed by atoms with Crippen LogP contribution in [0.2, 0.25) is 0 Å². The van der Waals surface area contributed by atoms with E-state index in [-0.39, 0.29) is 19.4 Å². The molecule has 2 rings (SSSR count). The van der Waals surface area contributed by atoms with E-state index in [0.29, 0.717) is 12.0 Å². The molecule has 0 aromatic heterocycles. The van der Waals surface area contributed by atoms with Crippen LogP contribution in [-0.2, 0) is 0 Å². The molecule has 0 aliphatic rings. The lowest BCUT2D eigenvalue weighted by molar-refractivity contribution is -0.00000546. The van der Waals surface area contributed by atoms with Crippen LogP contribution in [0.4, 0.5) is 0 Å². The summed E-state index contributed by atoms with van der Waals surface area (Å²) in [7, 11) is 0. The van der Waals surface area contributed by atoms with Gasteiger partial charge in [0.05, 0.1) is 0 Å². The molecule has 0 fully saturated rings. The minimum Gasteiger partial charge on any atom is -1.00 e. The van der Waals surface area contributed by atoms with Gasteiger partial charge in [-0.25, -0.2) is 0 Å². The molecule has 1 atom stereocenters. The molecule has 0 saturated carbocycles. The first-order chi connectivity index (χ1) is 9.96. The lowest BCUT2D eigenvalue weighted by Crippen LogP contribution is -3.00. The molecule has 1 unspecified atom stereocenters. The maximum absolute atomic E-state index is 3.69. The lowest BCUT2D eigenvalue weighted by atomic mass is 9.86. The van der Waals surface area contributed by atoms with Crippen molar-refractivity contribution in [2.24, 2.45) is 0 Å². The van der Waals surface area contributed by atoms with Crippen molar-refractivity contribution in [3.05, 3.63) is 71.8 Å². The van der Waals surface area contributed by atoms with E-state index >= 15 is 0 Å². The Bertz CT molecular complexity index is 497. The molecule has 0 heterocycles. The minimum atomic E-state index is 0. The van der Waals surface area contributed by atoms with Crippen LogP contribution in [0.5, 0.6) is 0 Å². The third kappa shape index (κ3) is 5.82. The van der Waals surface area contributed by atoms with Gasteiger partial charge in [0.1, 0.15) is 0 Å².